The standard InChI is InChI=1S/C10H13NO/c1-8-6-4-5-7-9(2)11-10(8)12-3/h4-7H,1-3H3/b5-4-,6-4?,7-5?,8-6+,9-7+,10-8?,11-9?,11-10+. The van der Waals surface area contributed by atoms with Gasteiger partial charge in [-0.15, -0.1) is 0 Å². The van der Waals surface area contributed by atoms with E-state index in [0.29, 0.717) is 5.90 Å². The Morgan fingerprint density at radius 2 is 1.83 bits per heavy atom. The first-order valence-electron chi connectivity index (χ1n) is 3.89. The zero-order valence-corrected chi connectivity index (χ0v) is 7.66. The van der Waals surface area contributed by atoms with Gasteiger partial charge in [0.05, 0.1) is 7.11 Å². The van der Waals surface area contributed by atoms with Crippen LogP contribution in [0.25, 0.3) is 0 Å². The van der Waals surface area contributed by atoms with E-state index >= 15 is 0 Å². The van der Waals surface area contributed by atoms with Crippen LogP contribution < -0.4 is 0 Å². The predicted molar refractivity (Wildman–Crippen MR) is 51.1 cm³/mol. The summed E-state index contributed by atoms with van der Waals surface area (Å²) in [5, 5.41) is 0. The SMILES string of the molecule is COC1=N/C(C)=C/C=C\C=C\1C. The van der Waals surface area contributed by atoms with Crippen LogP contribution in [0.1, 0.15) is 13.8 Å². The van der Waals surface area contributed by atoms with Gasteiger partial charge in [0.25, 0.3) is 0 Å². The third kappa shape index (κ3) is 2.09. The summed E-state index contributed by atoms with van der Waals surface area (Å²) in [6.07, 6.45) is 7.87. The van der Waals surface area contributed by atoms with E-state index in [4.69, 9.17) is 4.74 Å². The molecule has 64 valence electrons. The van der Waals surface area contributed by atoms with Gasteiger partial charge in [0.15, 0.2) is 0 Å². The summed E-state index contributed by atoms with van der Waals surface area (Å²) in [6, 6.07) is 0. The van der Waals surface area contributed by atoms with E-state index in [-0.39, 0.29) is 0 Å². The molecular formula is C10H13NO. The zero-order valence-electron chi connectivity index (χ0n) is 7.66. The molecule has 0 aliphatic carbocycles. The summed E-state index contributed by atoms with van der Waals surface area (Å²) in [4.78, 5) is 4.27. The molecule has 0 amide bonds. The van der Waals surface area contributed by atoms with Gasteiger partial charge in [0.2, 0.25) is 5.90 Å². The Morgan fingerprint density at radius 1 is 1.17 bits per heavy atom. The molecule has 0 aromatic carbocycles. The number of hydrogen-bond donors (Lipinski definition) is 0. The highest BCUT2D eigenvalue weighted by atomic mass is 16.5. The maximum Gasteiger partial charge on any atom is 0.216 e. The lowest BCUT2D eigenvalue weighted by molar-refractivity contribution is 0.403. The second-order valence-corrected chi connectivity index (χ2v) is 2.66. The Bertz CT molecular complexity index is 282. The lowest BCUT2D eigenvalue weighted by Gasteiger charge is -2.05. The predicted octanol–water partition coefficient (Wildman–Crippen LogP) is 2.45. The number of rotatable bonds is 0. The summed E-state index contributed by atoms with van der Waals surface area (Å²) < 4.78 is 5.12. The van der Waals surface area contributed by atoms with E-state index < -0.39 is 0 Å². The van der Waals surface area contributed by atoms with Crippen molar-refractivity contribution in [1.82, 2.24) is 0 Å². The molecule has 0 N–H and O–H groups in total. The number of ether oxygens (including phenoxy) is 1. The number of methoxy groups -OCH3 is 1. The lowest BCUT2D eigenvalue weighted by atomic mass is 10.2. The molecule has 0 radical (unpaired) electrons. The van der Waals surface area contributed by atoms with E-state index in [1.165, 1.54) is 0 Å². The van der Waals surface area contributed by atoms with Crippen molar-refractivity contribution in [3.63, 3.8) is 0 Å². The van der Waals surface area contributed by atoms with Gasteiger partial charge in [-0.2, -0.15) is 0 Å². The number of hydrogen-bond acceptors (Lipinski definition) is 2. The maximum absolute atomic E-state index is 5.12. The fraction of sp³-hybridized carbons (Fsp3) is 0.300. The van der Waals surface area contributed by atoms with Gasteiger partial charge in [-0.05, 0) is 19.9 Å². The van der Waals surface area contributed by atoms with Crippen LogP contribution in [0.5, 0.6) is 0 Å². The van der Waals surface area contributed by atoms with E-state index in [1.807, 2.05) is 38.2 Å². The van der Waals surface area contributed by atoms with Crippen LogP contribution >= 0.6 is 0 Å². The van der Waals surface area contributed by atoms with E-state index in [0.717, 1.165) is 11.3 Å². The molecule has 0 aromatic heterocycles. The van der Waals surface area contributed by atoms with Gasteiger partial charge in [0, 0.05) is 11.3 Å². The summed E-state index contributed by atoms with van der Waals surface area (Å²) >= 11 is 0. The Labute approximate surface area is 73.0 Å². The van der Waals surface area contributed by atoms with Gasteiger partial charge in [-0.3, -0.25) is 0 Å². The third-order valence-corrected chi connectivity index (χ3v) is 1.60. The van der Waals surface area contributed by atoms with E-state index in [1.54, 1.807) is 7.11 Å². The van der Waals surface area contributed by atoms with Gasteiger partial charge in [-0.1, -0.05) is 18.2 Å². The molecule has 2 heteroatoms. The average Bonchev–Trinajstić information content (AvgIpc) is 2.05. The van der Waals surface area contributed by atoms with Crippen molar-refractivity contribution in [3.8, 4) is 0 Å². The second-order valence-electron chi connectivity index (χ2n) is 2.66. The largest absolute Gasteiger partial charge is 0.481 e. The van der Waals surface area contributed by atoms with Crippen molar-refractivity contribution < 1.29 is 4.74 Å². The topological polar surface area (TPSA) is 21.6 Å². The summed E-state index contributed by atoms with van der Waals surface area (Å²) in [5.74, 6) is 0.688. The van der Waals surface area contributed by atoms with Crippen LogP contribution in [0.3, 0.4) is 0 Å². The fourth-order valence-electron chi connectivity index (χ4n) is 0.958. The van der Waals surface area contributed by atoms with Crippen molar-refractivity contribution >= 4 is 5.90 Å². The normalized spacial score (nSPS) is 32.8. The minimum atomic E-state index is 0.688. The Morgan fingerprint density at radius 3 is 2.50 bits per heavy atom. The third-order valence-electron chi connectivity index (χ3n) is 1.60. The zero-order chi connectivity index (χ0) is 8.97. The molecule has 12 heavy (non-hydrogen) atoms. The Hall–Kier alpha value is -1.31. The first-order chi connectivity index (χ1) is 5.74. The van der Waals surface area contributed by atoms with Crippen LogP contribution in [-0.2, 0) is 4.74 Å². The monoisotopic (exact) mass is 163 g/mol. The fourth-order valence-corrected chi connectivity index (χ4v) is 0.958. The van der Waals surface area contributed by atoms with Gasteiger partial charge >= 0.3 is 0 Å². The van der Waals surface area contributed by atoms with Gasteiger partial charge in [-0.25, -0.2) is 4.99 Å². The van der Waals surface area contributed by atoms with E-state index in [9.17, 15) is 0 Å². The van der Waals surface area contributed by atoms with E-state index in [2.05, 4.69) is 4.99 Å². The molecular weight excluding hydrogens is 150 g/mol. The Balaban J connectivity index is 3.00. The summed E-state index contributed by atoms with van der Waals surface area (Å²) in [5.41, 5.74) is 2.00. The molecule has 1 aliphatic rings. The van der Waals surface area contributed by atoms with Crippen molar-refractivity contribution in [1.29, 1.82) is 0 Å². The lowest BCUT2D eigenvalue weighted by Crippen LogP contribution is -2.03. The van der Waals surface area contributed by atoms with Crippen molar-refractivity contribution in [2.75, 3.05) is 7.11 Å². The molecule has 2 nitrogen and oxygen atoms in total. The summed E-state index contributed by atoms with van der Waals surface area (Å²) in [6.45, 7) is 3.92. The molecule has 0 unspecified atom stereocenters. The first kappa shape index (κ1) is 8.78. The van der Waals surface area contributed by atoms with Crippen molar-refractivity contribution in [2.45, 2.75) is 13.8 Å². The highest BCUT2D eigenvalue weighted by Gasteiger charge is 2.01. The van der Waals surface area contributed by atoms with Gasteiger partial charge in [0.1, 0.15) is 0 Å². The molecule has 1 heterocycles. The van der Waals surface area contributed by atoms with Crippen LogP contribution in [0.2, 0.25) is 0 Å². The molecule has 1 aliphatic heterocycles. The highest BCUT2D eigenvalue weighted by molar-refractivity contribution is 5.93. The molecule has 0 bridgehead atoms. The van der Waals surface area contributed by atoms with Crippen LogP contribution in [0, 0.1) is 0 Å². The van der Waals surface area contributed by atoms with Crippen LogP contribution in [-0.4, -0.2) is 13.0 Å². The molecule has 0 spiro atoms. The molecule has 0 aromatic rings. The molecule has 0 saturated carbocycles. The van der Waals surface area contributed by atoms with Crippen LogP contribution in [0.15, 0.2) is 40.6 Å². The van der Waals surface area contributed by atoms with Crippen LogP contribution in [0.4, 0.5) is 0 Å². The molecule has 0 atom stereocenters. The number of nitrogens with zero attached hydrogens (tertiary/aromatic N) is 1. The highest BCUT2D eigenvalue weighted by Crippen LogP contribution is 2.07. The average molecular weight is 163 g/mol. The van der Waals surface area contributed by atoms with Crippen molar-refractivity contribution in [3.05, 3.63) is 35.6 Å². The molecule has 1 rings (SSSR count). The quantitative estimate of drug-likeness (QED) is 0.537. The first-order valence-corrected chi connectivity index (χ1v) is 3.89. The minimum Gasteiger partial charge on any atom is -0.481 e. The minimum absolute atomic E-state index is 0.688. The maximum atomic E-state index is 5.12. The number of allylic oxidation sites excluding steroid dienone is 5. The Kier molecular flexibility index (Phi) is 2.86. The van der Waals surface area contributed by atoms with Crippen molar-refractivity contribution in [2.24, 2.45) is 4.99 Å². The molecule has 0 fully saturated rings. The smallest absolute Gasteiger partial charge is 0.216 e. The second kappa shape index (κ2) is 3.90. The molecule has 0 saturated heterocycles. The van der Waals surface area contributed by atoms with Gasteiger partial charge < -0.3 is 4.74 Å². The number of aliphatic imine (C=N–C) groups is 1. The summed E-state index contributed by atoms with van der Waals surface area (Å²) in [7, 11) is 1.63.